The van der Waals surface area contributed by atoms with Crippen molar-refractivity contribution in [2.45, 2.75) is 44.4 Å². The third kappa shape index (κ3) is 5.40. The van der Waals surface area contributed by atoms with E-state index in [1.807, 2.05) is 23.1 Å². The van der Waals surface area contributed by atoms with Crippen molar-refractivity contribution >= 4 is 17.9 Å². The summed E-state index contributed by atoms with van der Waals surface area (Å²) in [5.41, 5.74) is 1.58. The lowest BCUT2D eigenvalue weighted by Gasteiger charge is -2.45. The predicted molar refractivity (Wildman–Crippen MR) is 132 cm³/mol. The Labute approximate surface area is 206 Å². The zero-order valence-corrected chi connectivity index (χ0v) is 19.9. The zero-order chi connectivity index (χ0) is 24.2. The number of hydrogen-bond acceptors (Lipinski definition) is 4. The normalized spacial score (nSPS) is 24.3. The van der Waals surface area contributed by atoms with Gasteiger partial charge >= 0.3 is 0 Å². The first-order chi connectivity index (χ1) is 17.1. The number of nitrogens with zero attached hydrogens (tertiary/aromatic N) is 3. The lowest BCUT2D eigenvalue weighted by molar-refractivity contribution is -0.154. The lowest BCUT2D eigenvalue weighted by atomic mass is 9.89. The summed E-state index contributed by atoms with van der Waals surface area (Å²) in [6.45, 7) is 3.83. The van der Waals surface area contributed by atoms with Gasteiger partial charge in [0.2, 0.25) is 5.91 Å². The Balaban J connectivity index is 1.25. The maximum absolute atomic E-state index is 14.2. The van der Waals surface area contributed by atoms with Gasteiger partial charge in [0, 0.05) is 38.3 Å². The average molecular weight is 478 g/mol. The zero-order valence-electron chi connectivity index (χ0n) is 19.9. The quantitative estimate of drug-likeness (QED) is 0.617. The molecule has 3 aliphatic rings. The van der Waals surface area contributed by atoms with Gasteiger partial charge in [-0.15, -0.1) is 0 Å². The second-order valence-electron chi connectivity index (χ2n) is 9.61. The SMILES string of the molecule is O=C(CN1C(=O)/C(=C/c2ccccc2F)OC2CCCCC21)N1CCN(Cc2ccccc2)CC1. The van der Waals surface area contributed by atoms with E-state index in [0.717, 1.165) is 45.3 Å². The molecule has 1 aliphatic carbocycles. The molecule has 0 aromatic heterocycles. The maximum atomic E-state index is 14.2. The molecule has 7 heteroatoms. The molecular weight excluding hydrogens is 445 g/mol. The molecule has 35 heavy (non-hydrogen) atoms. The minimum absolute atomic E-state index is 0.0332. The second kappa shape index (κ2) is 10.6. The van der Waals surface area contributed by atoms with E-state index in [-0.39, 0.29) is 36.3 Å². The smallest absolute Gasteiger partial charge is 0.289 e. The van der Waals surface area contributed by atoms with E-state index in [4.69, 9.17) is 4.74 Å². The molecule has 2 amide bonds. The van der Waals surface area contributed by atoms with E-state index >= 15 is 0 Å². The predicted octanol–water partition coefficient (Wildman–Crippen LogP) is 3.68. The van der Waals surface area contributed by atoms with Crippen molar-refractivity contribution in [2.75, 3.05) is 32.7 Å². The molecular formula is C28H32FN3O3. The van der Waals surface area contributed by atoms with Crippen LogP contribution in [0.5, 0.6) is 0 Å². The van der Waals surface area contributed by atoms with Crippen LogP contribution in [0.3, 0.4) is 0 Å². The number of piperazine rings is 1. The van der Waals surface area contributed by atoms with Gasteiger partial charge < -0.3 is 14.5 Å². The first-order valence-electron chi connectivity index (χ1n) is 12.6. The van der Waals surface area contributed by atoms with Crippen LogP contribution < -0.4 is 0 Å². The van der Waals surface area contributed by atoms with Crippen LogP contribution in [0.25, 0.3) is 6.08 Å². The molecule has 0 radical (unpaired) electrons. The summed E-state index contributed by atoms with van der Waals surface area (Å²) >= 11 is 0. The third-order valence-corrected chi connectivity index (χ3v) is 7.29. The Bertz CT molecular complexity index is 1080. The fourth-order valence-corrected chi connectivity index (χ4v) is 5.34. The van der Waals surface area contributed by atoms with Gasteiger partial charge in [-0.3, -0.25) is 14.5 Å². The minimum atomic E-state index is -0.404. The van der Waals surface area contributed by atoms with E-state index < -0.39 is 5.82 Å². The highest BCUT2D eigenvalue weighted by atomic mass is 19.1. The molecule has 2 atom stereocenters. The van der Waals surface area contributed by atoms with Crippen molar-refractivity contribution in [1.29, 1.82) is 0 Å². The Kier molecular flexibility index (Phi) is 7.13. The Hall–Kier alpha value is -3.19. The van der Waals surface area contributed by atoms with Crippen molar-refractivity contribution in [3.05, 3.63) is 77.3 Å². The number of halogens is 1. The number of amides is 2. The number of morpholine rings is 1. The number of fused-ring (bicyclic) bond motifs is 1. The van der Waals surface area contributed by atoms with Gasteiger partial charge in [-0.1, -0.05) is 55.0 Å². The largest absolute Gasteiger partial charge is 0.482 e. The van der Waals surface area contributed by atoms with Crippen LogP contribution in [-0.4, -0.2) is 71.4 Å². The number of hydrogen-bond donors (Lipinski definition) is 0. The van der Waals surface area contributed by atoms with Crippen LogP contribution in [0.1, 0.15) is 36.8 Å². The van der Waals surface area contributed by atoms with Crippen LogP contribution in [0.2, 0.25) is 0 Å². The van der Waals surface area contributed by atoms with Crippen LogP contribution in [0.15, 0.2) is 60.4 Å². The molecule has 0 spiro atoms. The Morgan fingerprint density at radius 3 is 2.46 bits per heavy atom. The van der Waals surface area contributed by atoms with Crippen LogP contribution in [0.4, 0.5) is 4.39 Å². The van der Waals surface area contributed by atoms with Crippen LogP contribution in [0, 0.1) is 5.82 Å². The third-order valence-electron chi connectivity index (χ3n) is 7.29. The minimum Gasteiger partial charge on any atom is -0.482 e. The molecule has 0 N–H and O–H groups in total. The first-order valence-corrected chi connectivity index (χ1v) is 12.6. The Morgan fingerprint density at radius 1 is 0.971 bits per heavy atom. The summed E-state index contributed by atoms with van der Waals surface area (Å²) in [7, 11) is 0. The van der Waals surface area contributed by atoms with Crippen molar-refractivity contribution in [3.8, 4) is 0 Å². The van der Waals surface area contributed by atoms with E-state index in [0.29, 0.717) is 18.7 Å². The first kappa shape index (κ1) is 23.5. The summed E-state index contributed by atoms with van der Waals surface area (Å²) in [6, 6.07) is 16.6. The van der Waals surface area contributed by atoms with Gasteiger partial charge in [0.15, 0.2) is 5.76 Å². The summed E-state index contributed by atoms with van der Waals surface area (Å²) in [5, 5.41) is 0. The summed E-state index contributed by atoms with van der Waals surface area (Å²) < 4.78 is 20.3. The standard InChI is InChI=1S/C28H32FN3O3/c29-23-11-5-4-10-22(23)18-26-28(34)32(24-12-6-7-13-25(24)35-26)20-27(33)31-16-14-30(15-17-31)19-21-8-2-1-3-9-21/h1-5,8-11,18,24-25H,6-7,12-17,19-20H2/b26-18-. The van der Waals surface area contributed by atoms with E-state index in [2.05, 4.69) is 17.0 Å². The number of benzene rings is 2. The molecule has 6 nitrogen and oxygen atoms in total. The Morgan fingerprint density at radius 2 is 1.69 bits per heavy atom. The highest BCUT2D eigenvalue weighted by Crippen LogP contribution is 2.33. The van der Waals surface area contributed by atoms with Crippen molar-refractivity contribution < 1.29 is 18.7 Å². The molecule has 2 heterocycles. The fourth-order valence-electron chi connectivity index (χ4n) is 5.34. The van der Waals surface area contributed by atoms with Crippen molar-refractivity contribution in [1.82, 2.24) is 14.7 Å². The monoisotopic (exact) mass is 477 g/mol. The molecule has 1 saturated carbocycles. The van der Waals surface area contributed by atoms with Gasteiger partial charge in [-0.2, -0.15) is 0 Å². The van der Waals surface area contributed by atoms with E-state index in [1.54, 1.807) is 23.1 Å². The lowest BCUT2D eigenvalue weighted by Crippen LogP contribution is -2.58. The van der Waals surface area contributed by atoms with Gasteiger partial charge in [0.25, 0.3) is 5.91 Å². The molecule has 2 aromatic carbocycles. The van der Waals surface area contributed by atoms with E-state index in [9.17, 15) is 14.0 Å². The van der Waals surface area contributed by atoms with Crippen LogP contribution in [-0.2, 0) is 20.9 Å². The summed E-state index contributed by atoms with van der Waals surface area (Å²) in [6.07, 6.45) is 5.00. The second-order valence-corrected chi connectivity index (χ2v) is 9.61. The van der Waals surface area contributed by atoms with Crippen molar-refractivity contribution in [3.63, 3.8) is 0 Å². The van der Waals surface area contributed by atoms with Gasteiger partial charge in [0.05, 0.1) is 6.04 Å². The molecule has 5 rings (SSSR count). The molecule has 3 fully saturated rings. The molecule has 2 unspecified atom stereocenters. The van der Waals surface area contributed by atoms with Gasteiger partial charge in [-0.05, 0) is 37.0 Å². The molecule has 2 aliphatic heterocycles. The average Bonchev–Trinajstić information content (AvgIpc) is 2.89. The molecule has 2 aromatic rings. The van der Waals surface area contributed by atoms with Crippen molar-refractivity contribution in [2.24, 2.45) is 0 Å². The van der Waals surface area contributed by atoms with Crippen LogP contribution >= 0.6 is 0 Å². The van der Waals surface area contributed by atoms with E-state index in [1.165, 1.54) is 17.7 Å². The van der Waals surface area contributed by atoms with Gasteiger partial charge in [-0.25, -0.2) is 4.39 Å². The maximum Gasteiger partial charge on any atom is 0.289 e. The topological polar surface area (TPSA) is 53.1 Å². The molecule has 184 valence electrons. The number of carbonyl (C=O) groups is 2. The number of carbonyl (C=O) groups excluding carboxylic acids is 2. The number of ether oxygens (including phenoxy) is 1. The molecule has 0 bridgehead atoms. The number of rotatable bonds is 5. The highest BCUT2D eigenvalue weighted by molar-refractivity contribution is 5.98. The summed E-state index contributed by atoms with van der Waals surface area (Å²) in [5.74, 6) is -0.640. The molecule has 2 saturated heterocycles. The highest BCUT2D eigenvalue weighted by Gasteiger charge is 2.42. The van der Waals surface area contributed by atoms with Gasteiger partial charge in [0.1, 0.15) is 18.5 Å². The fraction of sp³-hybridized carbons (Fsp3) is 0.429. The summed E-state index contributed by atoms with van der Waals surface area (Å²) in [4.78, 5) is 32.6.